The second-order valence-corrected chi connectivity index (χ2v) is 6.48. The predicted molar refractivity (Wildman–Crippen MR) is 77.9 cm³/mol. The average molecular weight is 267 g/mol. The first-order valence-corrected chi connectivity index (χ1v) is 7.76. The molecule has 0 aromatic heterocycles. The average Bonchev–Trinajstić information content (AvgIpc) is 2.30. The first kappa shape index (κ1) is 16.2. The summed E-state index contributed by atoms with van der Waals surface area (Å²) in [6, 6.07) is 0.342. The molecule has 0 aromatic rings. The molecule has 1 aliphatic carbocycles. The van der Waals surface area contributed by atoms with E-state index in [1.807, 2.05) is 0 Å². The number of nitrogens with one attached hydrogen (secondary N) is 1. The molecule has 110 valence electrons. The number of carbonyl (C=O) groups is 2. The van der Waals surface area contributed by atoms with Crippen LogP contribution in [0.25, 0.3) is 0 Å². The van der Waals surface area contributed by atoms with Gasteiger partial charge in [-0.1, -0.05) is 20.3 Å². The van der Waals surface area contributed by atoms with Crippen LogP contribution in [-0.4, -0.2) is 17.7 Å². The normalized spacial score (nSPS) is 23.4. The molecule has 1 saturated carbocycles. The lowest BCUT2D eigenvalue weighted by molar-refractivity contribution is -0.122. The molecule has 19 heavy (non-hydrogen) atoms. The van der Waals surface area contributed by atoms with Gasteiger partial charge >= 0.3 is 0 Å². The van der Waals surface area contributed by atoms with E-state index in [1.165, 1.54) is 0 Å². The van der Waals surface area contributed by atoms with Crippen molar-refractivity contribution in [3.05, 3.63) is 0 Å². The first-order valence-electron chi connectivity index (χ1n) is 7.76. The summed E-state index contributed by atoms with van der Waals surface area (Å²) in [7, 11) is 0. The molecule has 0 aromatic carbocycles. The Morgan fingerprint density at radius 3 is 2.32 bits per heavy atom. The van der Waals surface area contributed by atoms with Crippen LogP contribution < -0.4 is 5.32 Å². The van der Waals surface area contributed by atoms with Gasteiger partial charge in [0.25, 0.3) is 0 Å². The molecule has 1 N–H and O–H groups in total. The van der Waals surface area contributed by atoms with Crippen LogP contribution in [0.5, 0.6) is 0 Å². The van der Waals surface area contributed by atoms with E-state index in [0.717, 1.165) is 44.9 Å². The molecule has 0 heterocycles. The molecule has 0 saturated heterocycles. The van der Waals surface area contributed by atoms with Crippen LogP contribution in [0.3, 0.4) is 0 Å². The van der Waals surface area contributed by atoms with Gasteiger partial charge in [-0.15, -0.1) is 0 Å². The zero-order valence-corrected chi connectivity index (χ0v) is 12.7. The highest BCUT2D eigenvalue weighted by molar-refractivity contribution is 5.76. The minimum atomic E-state index is 0.204. The van der Waals surface area contributed by atoms with Gasteiger partial charge in [0, 0.05) is 18.9 Å². The fraction of sp³-hybridized carbons (Fsp3) is 0.875. The van der Waals surface area contributed by atoms with Crippen LogP contribution in [0.2, 0.25) is 0 Å². The zero-order chi connectivity index (χ0) is 14.3. The lowest BCUT2D eigenvalue weighted by Crippen LogP contribution is -2.37. The van der Waals surface area contributed by atoms with Crippen molar-refractivity contribution >= 4 is 11.7 Å². The third-order valence-corrected chi connectivity index (χ3v) is 3.97. The van der Waals surface area contributed by atoms with Crippen molar-refractivity contribution in [1.82, 2.24) is 5.32 Å². The van der Waals surface area contributed by atoms with Gasteiger partial charge in [-0.3, -0.25) is 4.79 Å². The number of amides is 1. The molecular weight excluding hydrogens is 238 g/mol. The number of hydrogen-bond acceptors (Lipinski definition) is 2. The fourth-order valence-electron chi connectivity index (χ4n) is 2.89. The van der Waals surface area contributed by atoms with Crippen LogP contribution in [0.4, 0.5) is 0 Å². The van der Waals surface area contributed by atoms with E-state index in [4.69, 9.17) is 0 Å². The second kappa shape index (κ2) is 8.34. The van der Waals surface area contributed by atoms with Gasteiger partial charge in [-0.25, -0.2) is 0 Å². The minimum absolute atomic E-state index is 0.204. The van der Waals surface area contributed by atoms with Crippen LogP contribution >= 0.6 is 0 Å². The van der Waals surface area contributed by atoms with Gasteiger partial charge in [0.05, 0.1) is 0 Å². The lowest BCUT2D eigenvalue weighted by atomic mass is 9.83. The Morgan fingerprint density at radius 2 is 1.79 bits per heavy atom. The van der Waals surface area contributed by atoms with Crippen molar-refractivity contribution in [1.29, 1.82) is 0 Å². The zero-order valence-electron chi connectivity index (χ0n) is 12.7. The monoisotopic (exact) mass is 267 g/mol. The van der Waals surface area contributed by atoms with Gasteiger partial charge in [0.2, 0.25) is 5.91 Å². The minimum Gasteiger partial charge on any atom is -0.353 e. The van der Waals surface area contributed by atoms with Crippen molar-refractivity contribution < 1.29 is 9.59 Å². The summed E-state index contributed by atoms with van der Waals surface area (Å²) in [6.07, 6.45) is 7.72. The Labute approximate surface area is 117 Å². The molecule has 1 fully saturated rings. The summed E-state index contributed by atoms with van der Waals surface area (Å²) < 4.78 is 0. The van der Waals surface area contributed by atoms with Crippen molar-refractivity contribution in [3.8, 4) is 0 Å². The predicted octanol–water partition coefficient (Wildman–Crippen LogP) is 3.47. The van der Waals surface area contributed by atoms with Crippen LogP contribution in [0, 0.1) is 11.8 Å². The second-order valence-electron chi connectivity index (χ2n) is 6.48. The summed E-state index contributed by atoms with van der Waals surface area (Å²) in [4.78, 5) is 22.9. The maximum Gasteiger partial charge on any atom is 0.220 e. The SMILES string of the molecule is CC(=O)CC1CCC(NC(=O)CCCC(C)C)CC1. The van der Waals surface area contributed by atoms with Crippen LogP contribution in [0.1, 0.15) is 72.1 Å². The largest absolute Gasteiger partial charge is 0.353 e. The van der Waals surface area contributed by atoms with E-state index >= 15 is 0 Å². The Kier molecular flexibility index (Phi) is 7.11. The summed E-state index contributed by atoms with van der Waals surface area (Å²) in [5.41, 5.74) is 0. The van der Waals surface area contributed by atoms with E-state index in [1.54, 1.807) is 6.92 Å². The van der Waals surface area contributed by atoms with Gasteiger partial charge < -0.3 is 10.1 Å². The Bertz CT molecular complexity index is 291. The molecule has 3 nitrogen and oxygen atoms in total. The van der Waals surface area contributed by atoms with Gasteiger partial charge in [0.1, 0.15) is 5.78 Å². The molecule has 0 aliphatic heterocycles. The number of carbonyl (C=O) groups excluding carboxylic acids is 2. The van der Waals surface area contributed by atoms with Gasteiger partial charge in [-0.2, -0.15) is 0 Å². The third kappa shape index (κ3) is 7.34. The summed E-state index contributed by atoms with van der Waals surface area (Å²) in [6.45, 7) is 6.05. The number of hydrogen-bond donors (Lipinski definition) is 1. The quantitative estimate of drug-likeness (QED) is 0.767. The maximum atomic E-state index is 11.8. The standard InChI is InChI=1S/C16H29NO2/c1-12(2)5-4-6-16(19)17-15-9-7-14(8-10-15)11-13(3)18/h12,14-15H,4-11H2,1-3H3,(H,17,19). The maximum absolute atomic E-state index is 11.8. The topological polar surface area (TPSA) is 46.2 Å². The Morgan fingerprint density at radius 1 is 1.16 bits per heavy atom. The molecule has 0 bridgehead atoms. The molecule has 0 spiro atoms. The summed E-state index contributed by atoms with van der Waals surface area (Å²) in [5, 5.41) is 3.14. The van der Waals surface area contributed by atoms with Gasteiger partial charge in [0.15, 0.2) is 0 Å². The van der Waals surface area contributed by atoms with Crippen LogP contribution in [0.15, 0.2) is 0 Å². The number of Topliss-reactive ketones (excluding diaryl/α,β-unsaturated/α-hetero) is 1. The Hall–Kier alpha value is -0.860. The van der Waals surface area contributed by atoms with E-state index < -0.39 is 0 Å². The van der Waals surface area contributed by atoms with E-state index in [9.17, 15) is 9.59 Å². The molecule has 1 rings (SSSR count). The molecule has 0 unspecified atom stereocenters. The van der Waals surface area contributed by atoms with Crippen molar-refractivity contribution in [2.45, 2.75) is 78.2 Å². The van der Waals surface area contributed by atoms with Crippen molar-refractivity contribution in [2.24, 2.45) is 11.8 Å². The fourth-order valence-corrected chi connectivity index (χ4v) is 2.89. The highest BCUT2D eigenvalue weighted by Crippen LogP contribution is 2.27. The summed E-state index contributed by atoms with van der Waals surface area (Å²) >= 11 is 0. The highest BCUT2D eigenvalue weighted by Gasteiger charge is 2.22. The van der Waals surface area contributed by atoms with E-state index in [0.29, 0.717) is 30.1 Å². The molecule has 1 aliphatic rings. The van der Waals surface area contributed by atoms with Crippen molar-refractivity contribution in [3.63, 3.8) is 0 Å². The van der Waals surface area contributed by atoms with Gasteiger partial charge in [-0.05, 0) is 50.9 Å². The summed E-state index contributed by atoms with van der Waals surface area (Å²) in [5.74, 6) is 1.72. The number of ketones is 1. The molecule has 3 heteroatoms. The van der Waals surface area contributed by atoms with Crippen LogP contribution in [-0.2, 0) is 9.59 Å². The molecular formula is C16H29NO2. The molecule has 0 atom stereocenters. The molecule has 1 amide bonds. The molecule has 0 radical (unpaired) electrons. The van der Waals surface area contributed by atoms with E-state index in [2.05, 4.69) is 19.2 Å². The third-order valence-electron chi connectivity index (χ3n) is 3.97. The van der Waals surface area contributed by atoms with E-state index in [-0.39, 0.29) is 5.91 Å². The lowest BCUT2D eigenvalue weighted by Gasteiger charge is -2.28. The Balaban J connectivity index is 2.14. The first-order chi connectivity index (χ1) is 8.97. The van der Waals surface area contributed by atoms with Crippen molar-refractivity contribution in [2.75, 3.05) is 0 Å². The smallest absolute Gasteiger partial charge is 0.220 e. The highest BCUT2D eigenvalue weighted by atomic mass is 16.1. The number of rotatable bonds is 7.